The summed E-state index contributed by atoms with van der Waals surface area (Å²) in [6.45, 7) is 4.08. The molecule has 2 fully saturated rings. The second-order valence-corrected chi connectivity index (χ2v) is 7.44. The minimum Gasteiger partial charge on any atom is -0.481 e. The van der Waals surface area contributed by atoms with E-state index in [1.54, 1.807) is 0 Å². The van der Waals surface area contributed by atoms with Crippen molar-refractivity contribution in [2.24, 2.45) is 35.5 Å². The number of aliphatic carboxylic acids is 2. The molecule has 0 aromatic rings. The summed E-state index contributed by atoms with van der Waals surface area (Å²) < 4.78 is 0. The molecule has 21 heavy (non-hydrogen) atoms. The second kappa shape index (κ2) is 6.80. The van der Waals surface area contributed by atoms with E-state index < -0.39 is 11.9 Å². The lowest BCUT2D eigenvalue weighted by Gasteiger charge is -2.37. The van der Waals surface area contributed by atoms with E-state index in [4.69, 9.17) is 0 Å². The molecule has 0 aromatic heterocycles. The molecule has 120 valence electrons. The van der Waals surface area contributed by atoms with Crippen LogP contribution in [0.25, 0.3) is 0 Å². The van der Waals surface area contributed by atoms with Crippen molar-refractivity contribution >= 4 is 11.9 Å². The van der Waals surface area contributed by atoms with Gasteiger partial charge in [-0.2, -0.15) is 0 Å². The van der Waals surface area contributed by atoms with E-state index in [1.807, 2.05) is 13.8 Å². The Balaban J connectivity index is 1.90. The zero-order chi connectivity index (χ0) is 15.6. The van der Waals surface area contributed by atoms with Crippen molar-refractivity contribution in [2.45, 2.75) is 58.8 Å². The number of carboxylic acids is 2. The molecular formula is C17H28O4. The highest BCUT2D eigenvalue weighted by Gasteiger charge is 2.37. The molecule has 0 saturated heterocycles. The zero-order valence-corrected chi connectivity index (χ0v) is 13.1. The first-order valence-corrected chi connectivity index (χ1v) is 8.34. The Morgan fingerprint density at radius 1 is 0.810 bits per heavy atom. The van der Waals surface area contributed by atoms with E-state index in [2.05, 4.69) is 0 Å². The molecule has 2 N–H and O–H groups in total. The van der Waals surface area contributed by atoms with Crippen LogP contribution in [0.4, 0.5) is 0 Å². The molecule has 0 amide bonds. The van der Waals surface area contributed by atoms with E-state index in [-0.39, 0.29) is 23.7 Å². The molecule has 2 aliphatic rings. The number of hydrogen-bond acceptors (Lipinski definition) is 2. The highest BCUT2D eigenvalue weighted by Crippen LogP contribution is 2.42. The van der Waals surface area contributed by atoms with Crippen molar-refractivity contribution in [3.8, 4) is 0 Å². The lowest BCUT2D eigenvalue weighted by Crippen LogP contribution is -2.33. The third-order valence-corrected chi connectivity index (χ3v) is 5.91. The van der Waals surface area contributed by atoms with Gasteiger partial charge in [0.05, 0.1) is 11.8 Å². The zero-order valence-electron chi connectivity index (χ0n) is 13.1. The maximum atomic E-state index is 11.3. The Morgan fingerprint density at radius 3 is 1.52 bits per heavy atom. The predicted octanol–water partition coefficient (Wildman–Crippen LogP) is 3.65. The van der Waals surface area contributed by atoms with E-state index in [0.717, 1.165) is 44.9 Å². The Bertz CT molecular complexity index is 356. The van der Waals surface area contributed by atoms with Crippen molar-refractivity contribution in [1.82, 2.24) is 0 Å². The van der Waals surface area contributed by atoms with Crippen molar-refractivity contribution < 1.29 is 19.8 Å². The molecule has 4 nitrogen and oxygen atoms in total. The van der Waals surface area contributed by atoms with Crippen LogP contribution in [0.5, 0.6) is 0 Å². The van der Waals surface area contributed by atoms with Gasteiger partial charge in [0.15, 0.2) is 0 Å². The minimum atomic E-state index is -0.659. The van der Waals surface area contributed by atoms with Crippen LogP contribution < -0.4 is 0 Å². The highest BCUT2D eigenvalue weighted by molar-refractivity contribution is 5.70. The number of carboxylic acid groups (broad SMARTS) is 2. The van der Waals surface area contributed by atoms with E-state index >= 15 is 0 Å². The Morgan fingerprint density at radius 2 is 1.19 bits per heavy atom. The van der Waals surface area contributed by atoms with Crippen LogP contribution in [-0.4, -0.2) is 22.2 Å². The molecule has 0 radical (unpaired) electrons. The first-order valence-electron chi connectivity index (χ1n) is 8.34. The van der Waals surface area contributed by atoms with Crippen molar-refractivity contribution in [2.75, 3.05) is 0 Å². The first-order chi connectivity index (χ1) is 9.88. The normalized spacial score (nSPS) is 40.7. The van der Waals surface area contributed by atoms with Crippen LogP contribution in [0.1, 0.15) is 58.8 Å². The van der Waals surface area contributed by atoms with E-state index in [1.165, 1.54) is 0 Å². The molecule has 2 saturated carbocycles. The van der Waals surface area contributed by atoms with Gasteiger partial charge in [0.25, 0.3) is 0 Å². The van der Waals surface area contributed by atoms with Crippen LogP contribution in [0.15, 0.2) is 0 Å². The molecule has 0 aromatic carbocycles. The van der Waals surface area contributed by atoms with Crippen molar-refractivity contribution in [1.29, 1.82) is 0 Å². The van der Waals surface area contributed by atoms with Gasteiger partial charge in [-0.15, -0.1) is 0 Å². The summed E-state index contributed by atoms with van der Waals surface area (Å²) in [7, 11) is 0. The largest absolute Gasteiger partial charge is 0.481 e. The molecule has 0 aliphatic heterocycles. The molecule has 6 atom stereocenters. The lowest BCUT2D eigenvalue weighted by atomic mass is 9.68. The predicted molar refractivity (Wildman–Crippen MR) is 79.9 cm³/mol. The average molecular weight is 296 g/mol. The Labute approximate surface area is 126 Å². The molecule has 0 spiro atoms. The maximum Gasteiger partial charge on any atom is 0.306 e. The Hall–Kier alpha value is -1.06. The van der Waals surface area contributed by atoms with Crippen LogP contribution in [-0.2, 0) is 9.59 Å². The number of hydrogen-bond donors (Lipinski definition) is 2. The quantitative estimate of drug-likeness (QED) is 0.830. The monoisotopic (exact) mass is 296 g/mol. The third kappa shape index (κ3) is 3.98. The summed E-state index contributed by atoms with van der Waals surface area (Å²) in [5.74, 6) is -0.247. The van der Waals surface area contributed by atoms with Gasteiger partial charge in [0.2, 0.25) is 0 Å². The highest BCUT2D eigenvalue weighted by atomic mass is 16.4. The summed E-state index contributed by atoms with van der Waals surface area (Å²) in [6, 6.07) is 0. The SMILES string of the molecule is CC1CCC(CC2CCC(C)C(C(=O)O)C2)CC1C(=O)O. The summed E-state index contributed by atoms with van der Waals surface area (Å²) in [4.78, 5) is 22.6. The smallest absolute Gasteiger partial charge is 0.306 e. The molecule has 0 heterocycles. The molecular weight excluding hydrogens is 268 g/mol. The summed E-state index contributed by atoms with van der Waals surface area (Å²) >= 11 is 0. The topological polar surface area (TPSA) is 74.6 Å². The standard InChI is InChI=1S/C17H28O4/c1-10-3-5-12(8-14(10)16(18)19)7-13-6-4-11(2)15(9-13)17(20)21/h10-15H,3-9H2,1-2H3,(H,18,19)(H,20,21). The van der Waals surface area contributed by atoms with Gasteiger partial charge in [-0.05, 0) is 55.8 Å². The van der Waals surface area contributed by atoms with Gasteiger partial charge in [-0.3, -0.25) is 9.59 Å². The van der Waals surface area contributed by atoms with Crippen LogP contribution in [0, 0.1) is 35.5 Å². The molecule has 4 heteroatoms. The van der Waals surface area contributed by atoms with E-state index in [0.29, 0.717) is 11.8 Å². The maximum absolute atomic E-state index is 11.3. The molecule has 2 rings (SSSR count). The van der Waals surface area contributed by atoms with Gasteiger partial charge in [0.1, 0.15) is 0 Å². The minimum absolute atomic E-state index is 0.207. The van der Waals surface area contributed by atoms with Crippen molar-refractivity contribution in [3.05, 3.63) is 0 Å². The first kappa shape index (κ1) is 16.3. The number of rotatable bonds is 4. The third-order valence-electron chi connectivity index (χ3n) is 5.91. The van der Waals surface area contributed by atoms with Gasteiger partial charge in [-0.1, -0.05) is 26.7 Å². The van der Waals surface area contributed by atoms with Gasteiger partial charge in [-0.25, -0.2) is 0 Å². The fourth-order valence-corrected chi connectivity index (χ4v) is 4.41. The summed E-state index contributed by atoms with van der Waals surface area (Å²) in [6.07, 6.45) is 6.78. The average Bonchev–Trinajstić information content (AvgIpc) is 2.42. The fraction of sp³-hybridized carbons (Fsp3) is 0.882. The molecule has 6 unspecified atom stereocenters. The van der Waals surface area contributed by atoms with Gasteiger partial charge in [0, 0.05) is 0 Å². The molecule has 0 bridgehead atoms. The Kier molecular flexibility index (Phi) is 5.28. The van der Waals surface area contributed by atoms with Crippen LogP contribution in [0.3, 0.4) is 0 Å². The van der Waals surface area contributed by atoms with Gasteiger partial charge >= 0.3 is 11.9 Å². The fourth-order valence-electron chi connectivity index (χ4n) is 4.41. The van der Waals surface area contributed by atoms with E-state index in [9.17, 15) is 19.8 Å². The molecule has 2 aliphatic carbocycles. The second-order valence-electron chi connectivity index (χ2n) is 7.44. The van der Waals surface area contributed by atoms with Crippen LogP contribution >= 0.6 is 0 Å². The summed E-state index contributed by atoms with van der Waals surface area (Å²) in [5, 5.41) is 18.6. The number of carbonyl (C=O) groups is 2. The summed E-state index contributed by atoms with van der Waals surface area (Å²) in [5.41, 5.74) is 0. The van der Waals surface area contributed by atoms with Gasteiger partial charge < -0.3 is 10.2 Å². The van der Waals surface area contributed by atoms with Crippen molar-refractivity contribution in [3.63, 3.8) is 0 Å². The lowest BCUT2D eigenvalue weighted by molar-refractivity contribution is -0.145. The van der Waals surface area contributed by atoms with Crippen LogP contribution in [0.2, 0.25) is 0 Å².